The third-order valence-corrected chi connectivity index (χ3v) is 15.2. The van der Waals surface area contributed by atoms with E-state index in [0.717, 1.165) is 45.1 Å². The highest BCUT2D eigenvalue weighted by atomic mass is 16.8. The summed E-state index contributed by atoms with van der Waals surface area (Å²) in [6.45, 7) is 11.5. The van der Waals surface area contributed by atoms with E-state index < -0.39 is 78.7 Å². The Balaban J connectivity index is 1.04. The molecule has 8 aliphatic rings. The molecule has 4 aliphatic heterocycles. The Morgan fingerprint density at radius 3 is 2.34 bits per heavy atom. The molecule has 0 amide bonds. The monoisotopic (exact) mass is 708 g/mol. The van der Waals surface area contributed by atoms with Crippen molar-refractivity contribution in [2.24, 2.45) is 46.3 Å². The molecule has 8 rings (SSSR count). The van der Waals surface area contributed by atoms with Crippen LogP contribution in [0.4, 0.5) is 0 Å². The van der Waals surface area contributed by atoms with E-state index in [9.17, 15) is 30.6 Å². The predicted molar refractivity (Wildman–Crippen MR) is 177 cm³/mol. The van der Waals surface area contributed by atoms with Crippen LogP contribution < -0.4 is 0 Å². The number of fused-ring (bicyclic) bond motifs is 7. The highest BCUT2D eigenvalue weighted by molar-refractivity contribution is 5.28. The molecule has 4 saturated heterocycles. The van der Waals surface area contributed by atoms with Gasteiger partial charge in [-0.05, 0) is 80.5 Å². The molecule has 6 N–H and O–H groups in total. The fraction of sp³-hybridized carbons (Fsp3) is 0.947. The highest BCUT2D eigenvalue weighted by Gasteiger charge is 2.69. The van der Waals surface area contributed by atoms with Gasteiger partial charge in [0.1, 0.15) is 36.6 Å². The second-order valence-corrected chi connectivity index (χ2v) is 17.9. The molecule has 0 aromatic heterocycles. The van der Waals surface area contributed by atoms with Crippen LogP contribution in [0, 0.1) is 46.3 Å². The van der Waals surface area contributed by atoms with Crippen molar-refractivity contribution in [1.29, 1.82) is 0 Å². The maximum atomic E-state index is 11.1. The summed E-state index contributed by atoms with van der Waals surface area (Å²) in [6.07, 6.45) is -3.26. The molecule has 284 valence electrons. The topological polar surface area (TPSA) is 177 Å². The fourth-order valence-corrected chi connectivity index (χ4v) is 12.4. The molecular weight excluding hydrogens is 648 g/mol. The molecular formula is C38H60O12. The number of aliphatic hydroxyl groups excluding tert-OH is 6. The summed E-state index contributed by atoms with van der Waals surface area (Å²) in [7, 11) is 0. The number of hydrogen-bond acceptors (Lipinski definition) is 12. The third-order valence-electron chi connectivity index (χ3n) is 15.2. The van der Waals surface area contributed by atoms with Crippen LogP contribution in [0.3, 0.4) is 0 Å². The summed E-state index contributed by atoms with van der Waals surface area (Å²) in [4.78, 5) is 0. The zero-order valence-electron chi connectivity index (χ0n) is 30.2. The smallest absolute Gasteiger partial charge is 0.187 e. The van der Waals surface area contributed by atoms with E-state index in [0.29, 0.717) is 48.3 Å². The van der Waals surface area contributed by atoms with Gasteiger partial charge in [-0.15, -0.1) is 0 Å². The van der Waals surface area contributed by atoms with Gasteiger partial charge in [-0.1, -0.05) is 39.3 Å². The van der Waals surface area contributed by atoms with Gasteiger partial charge in [0, 0.05) is 24.2 Å². The first-order valence-corrected chi connectivity index (χ1v) is 19.4. The van der Waals surface area contributed by atoms with Crippen molar-refractivity contribution in [1.82, 2.24) is 0 Å². The lowest BCUT2D eigenvalue weighted by Gasteiger charge is -2.60. The molecule has 4 heterocycles. The van der Waals surface area contributed by atoms with E-state index in [4.69, 9.17) is 28.4 Å². The molecule has 3 saturated carbocycles. The Morgan fingerprint density at radius 2 is 1.60 bits per heavy atom. The number of aliphatic hydroxyl groups is 6. The first-order chi connectivity index (χ1) is 23.7. The first-order valence-electron chi connectivity index (χ1n) is 19.4. The van der Waals surface area contributed by atoms with Crippen molar-refractivity contribution in [2.75, 3.05) is 13.2 Å². The van der Waals surface area contributed by atoms with E-state index in [-0.39, 0.29) is 18.1 Å². The molecule has 12 heteroatoms. The van der Waals surface area contributed by atoms with Gasteiger partial charge in [0.2, 0.25) is 0 Å². The molecule has 7 fully saturated rings. The summed E-state index contributed by atoms with van der Waals surface area (Å²) >= 11 is 0. The second-order valence-electron chi connectivity index (χ2n) is 17.9. The van der Waals surface area contributed by atoms with Crippen molar-refractivity contribution in [3.05, 3.63) is 11.6 Å². The molecule has 21 atom stereocenters. The Labute approximate surface area is 295 Å². The fourth-order valence-electron chi connectivity index (χ4n) is 12.4. The lowest BCUT2D eigenvalue weighted by Crippen LogP contribution is -2.63. The van der Waals surface area contributed by atoms with Crippen LogP contribution in [0.2, 0.25) is 0 Å². The quantitative estimate of drug-likeness (QED) is 0.235. The number of hydrogen-bond donors (Lipinski definition) is 6. The molecule has 0 radical (unpaired) electrons. The van der Waals surface area contributed by atoms with Crippen LogP contribution in [0.15, 0.2) is 11.6 Å². The maximum absolute atomic E-state index is 11.1. The van der Waals surface area contributed by atoms with E-state index >= 15 is 0 Å². The van der Waals surface area contributed by atoms with Crippen LogP contribution in [0.5, 0.6) is 0 Å². The van der Waals surface area contributed by atoms with Crippen LogP contribution in [-0.2, 0) is 28.4 Å². The van der Waals surface area contributed by atoms with E-state index in [2.05, 4.69) is 33.8 Å². The zero-order valence-corrected chi connectivity index (χ0v) is 30.2. The van der Waals surface area contributed by atoms with Crippen molar-refractivity contribution in [3.8, 4) is 0 Å². The van der Waals surface area contributed by atoms with Crippen LogP contribution in [0.25, 0.3) is 0 Å². The Morgan fingerprint density at radius 1 is 0.820 bits per heavy atom. The Hall–Kier alpha value is -0.740. The van der Waals surface area contributed by atoms with Crippen LogP contribution >= 0.6 is 0 Å². The SMILES string of the molecule is CC1CC[C@@]2(OC1)OC1CC3C4CC=C5CC(O)CC(OC6OCC(O)C(O)C6OC6OC(C)C(O)C(O)C6O)[C@]5(C)C4CC[C@]3(C)C1C2C. The molecule has 12 nitrogen and oxygen atoms in total. The van der Waals surface area contributed by atoms with Gasteiger partial charge in [0.15, 0.2) is 18.4 Å². The second kappa shape index (κ2) is 12.9. The largest absolute Gasteiger partial charge is 0.393 e. The number of rotatable bonds is 4. The summed E-state index contributed by atoms with van der Waals surface area (Å²) in [5.41, 5.74) is 0.917. The number of allylic oxidation sites excluding steroid dienone is 1. The highest BCUT2D eigenvalue weighted by Crippen LogP contribution is 2.71. The molecule has 1 spiro atoms. The van der Waals surface area contributed by atoms with Crippen molar-refractivity contribution in [3.63, 3.8) is 0 Å². The van der Waals surface area contributed by atoms with E-state index in [1.54, 1.807) is 6.92 Å². The van der Waals surface area contributed by atoms with E-state index in [1.807, 2.05) is 0 Å². The van der Waals surface area contributed by atoms with Gasteiger partial charge in [0.05, 0.1) is 37.6 Å². The minimum Gasteiger partial charge on any atom is -0.393 e. The maximum Gasteiger partial charge on any atom is 0.187 e. The third kappa shape index (κ3) is 5.45. The first kappa shape index (κ1) is 36.2. The van der Waals surface area contributed by atoms with Crippen LogP contribution in [-0.4, -0.2) is 123 Å². The molecule has 0 aromatic carbocycles. The standard InChI is InChI=1S/C38H60O12/c1-17-8-11-38(46-15-17)18(2)28-26(50-38)14-24-22-7-6-20-12-21(39)13-27(37(20,5)23(22)9-10-36(24,28)4)48-35-33(30(42)25(40)16-45-35)49-34-32(44)31(43)29(41)19(3)47-34/h6,17-19,21-35,39-44H,7-16H2,1-5H3/t17?,18?,19?,21?,22?,23?,24?,25?,26?,27?,28?,29?,30?,31?,32?,33?,34?,35?,36-,37-,38+/m0/s1. The Bertz CT molecular complexity index is 1290. The van der Waals surface area contributed by atoms with Crippen molar-refractivity contribution in [2.45, 2.75) is 165 Å². The Kier molecular flexibility index (Phi) is 9.38. The summed E-state index contributed by atoms with van der Waals surface area (Å²) in [5.74, 6) is 2.08. The molecule has 18 unspecified atom stereocenters. The van der Waals surface area contributed by atoms with Crippen molar-refractivity contribution >= 4 is 0 Å². The van der Waals surface area contributed by atoms with Gasteiger partial charge < -0.3 is 59.1 Å². The van der Waals surface area contributed by atoms with Gasteiger partial charge in [-0.25, -0.2) is 0 Å². The summed E-state index contributed by atoms with van der Waals surface area (Å²) < 4.78 is 38.0. The average Bonchev–Trinajstić information content (AvgIpc) is 3.53. The normalized spacial score (nSPS) is 59.3. The molecule has 4 aliphatic carbocycles. The molecule has 50 heavy (non-hydrogen) atoms. The number of ether oxygens (including phenoxy) is 6. The predicted octanol–water partition coefficient (Wildman–Crippen LogP) is 2.00. The van der Waals surface area contributed by atoms with Gasteiger partial charge in [-0.3, -0.25) is 0 Å². The summed E-state index contributed by atoms with van der Waals surface area (Å²) in [6, 6.07) is 0. The van der Waals surface area contributed by atoms with Crippen LogP contribution in [0.1, 0.15) is 86.0 Å². The van der Waals surface area contributed by atoms with Crippen molar-refractivity contribution < 1.29 is 59.1 Å². The zero-order chi connectivity index (χ0) is 35.5. The molecule has 0 aromatic rings. The minimum atomic E-state index is -1.60. The molecule has 0 bridgehead atoms. The summed E-state index contributed by atoms with van der Waals surface area (Å²) in [5, 5.41) is 64.1. The van der Waals surface area contributed by atoms with Gasteiger partial charge in [-0.2, -0.15) is 0 Å². The lowest BCUT2D eigenvalue weighted by atomic mass is 9.46. The minimum absolute atomic E-state index is 0.134. The lowest BCUT2D eigenvalue weighted by molar-refractivity contribution is -0.362. The van der Waals surface area contributed by atoms with E-state index in [1.165, 1.54) is 5.57 Å². The average molecular weight is 709 g/mol. The van der Waals surface area contributed by atoms with Gasteiger partial charge in [0.25, 0.3) is 0 Å². The van der Waals surface area contributed by atoms with Gasteiger partial charge >= 0.3 is 0 Å².